The second-order valence-corrected chi connectivity index (χ2v) is 6.73. The van der Waals surface area contributed by atoms with E-state index in [0.717, 1.165) is 11.1 Å². The Balaban J connectivity index is 2.71. The van der Waals surface area contributed by atoms with Gasteiger partial charge in [0.2, 0.25) is 5.91 Å². The second-order valence-electron chi connectivity index (χ2n) is 4.67. The zero-order valence-corrected chi connectivity index (χ0v) is 12.1. The van der Waals surface area contributed by atoms with Gasteiger partial charge in [0.15, 0.2) is 9.84 Å². The van der Waals surface area contributed by atoms with E-state index in [2.05, 4.69) is 5.32 Å². The molecule has 0 unspecified atom stereocenters. The molecule has 0 aliphatic rings. The van der Waals surface area contributed by atoms with Gasteiger partial charge >= 0.3 is 0 Å². The molecule has 0 radical (unpaired) electrons. The number of hydrogen-bond donors (Lipinski definition) is 2. The van der Waals surface area contributed by atoms with Crippen LogP contribution in [0.4, 0.5) is 0 Å². The van der Waals surface area contributed by atoms with Crippen LogP contribution in [0.1, 0.15) is 16.7 Å². The minimum absolute atomic E-state index is 0.119. The molecule has 0 heterocycles. The molecule has 0 fully saturated rings. The first-order chi connectivity index (χ1) is 8.82. The second kappa shape index (κ2) is 6.68. The van der Waals surface area contributed by atoms with Crippen LogP contribution in [0, 0.1) is 13.8 Å². The van der Waals surface area contributed by atoms with Gasteiger partial charge in [-0.1, -0.05) is 29.3 Å². The number of nitrogens with one attached hydrogen (secondary N) is 1. The Morgan fingerprint density at radius 2 is 1.79 bits per heavy atom. The third kappa shape index (κ3) is 5.85. The molecule has 106 valence electrons. The van der Waals surface area contributed by atoms with E-state index in [1.54, 1.807) is 0 Å². The van der Waals surface area contributed by atoms with Gasteiger partial charge in [-0.15, -0.1) is 0 Å². The largest absolute Gasteiger partial charge is 0.354 e. The van der Waals surface area contributed by atoms with Crippen molar-refractivity contribution in [3.63, 3.8) is 0 Å². The van der Waals surface area contributed by atoms with E-state index in [9.17, 15) is 13.2 Å². The smallest absolute Gasteiger partial charge is 0.235 e. The fourth-order valence-corrected chi connectivity index (χ4v) is 3.20. The van der Waals surface area contributed by atoms with Crippen molar-refractivity contribution in [2.24, 2.45) is 5.73 Å². The van der Waals surface area contributed by atoms with Gasteiger partial charge in [-0.2, -0.15) is 0 Å². The van der Waals surface area contributed by atoms with Crippen LogP contribution in [0.2, 0.25) is 0 Å². The van der Waals surface area contributed by atoms with Crippen LogP contribution in [-0.4, -0.2) is 33.2 Å². The van der Waals surface area contributed by atoms with E-state index >= 15 is 0 Å². The molecule has 0 aliphatic carbocycles. The number of aryl methyl sites for hydroxylation is 2. The fraction of sp³-hybridized carbons (Fsp3) is 0.462. The van der Waals surface area contributed by atoms with Crippen molar-refractivity contribution >= 4 is 15.7 Å². The summed E-state index contributed by atoms with van der Waals surface area (Å²) in [5.41, 5.74) is 7.97. The lowest BCUT2D eigenvalue weighted by atomic mass is 10.1. The Hall–Kier alpha value is -1.40. The summed E-state index contributed by atoms with van der Waals surface area (Å²) in [6.07, 6.45) is 0. The van der Waals surface area contributed by atoms with E-state index in [4.69, 9.17) is 5.73 Å². The topological polar surface area (TPSA) is 89.3 Å². The summed E-state index contributed by atoms with van der Waals surface area (Å²) in [6, 6.07) is 5.62. The normalized spacial score (nSPS) is 11.3. The van der Waals surface area contributed by atoms with Crippen molar-refractivity contribution in [3.8, 4) is 0 Å². The Kier molecular flexibility index (Phi) is 5.50. The van der Waals surface area contributed by atoms with Crippen LogP contribution in [0.3, 0.4) is 0 Å². The zero-order chi connectivity index (χ0) is 14.5. The monoisotopic (exact) mass is 284 g/mol. The molecule has 0 saturated heterocycles. The predicted molar refractivity (Wildman–Crippen MR) is 75.5 cm³/mol. The first-order valence-corrected chi connectivity index (χ1v) is 7.89. The molecule has 0 atom stereocenters. The van der Waals surface area contributed by atoms with Gasteiger partial charge < -0.3 is 11.1 Å². The fourth-order valence-electron chi connectivity index (χ4n) is 1.92. The highest BCUT2D eigenvalue weighted by atomic mass is 32.2. The Labute approximate surface area is 114 Å². The average Bonchev–Trinajstić information content (AvgIpc) is 2.23. The number of carbonyl (C=O) groups is 1. The average molecular weight is 284 g/mol. The van der Waals surface area contributed by atoms with E-state index < -0.39 is 21.5 Å². The quantitative estimate of drug-likeness (QED) is 0.786. The van der Waals surface area contributed by atoms with Crippen LogP contribution in [0.25, 0.3) is 0 Å². The van der Waals surface area contributed by atoms with E-state index in [1.165, 1.54) is 0 Å². The molecule has 1 aromatic rings. The van der Waals surface area contributed by atoms with Gasteiger partial charge in [0.1, 0.15) is 5.75 Å². The van der Waals surface area contributed by atoms with Crippen molar-refractivity contribution in [1.29, 1.82) is 0 Å². The van der Waals surface area contributed by atoms with Gasteiger partial charge in [-0.25, -0.2) is 8.42 Å². The Morgan fingerprint density at radius 3 is 2.32 bits per heavy atom. The number of nitrogens with two attached hydrogens (primary N) is 1. The predicted octanol–water partition coefficient (Wildman–Crippen LogP) is 0.293. The molecule has 19 heavy (non-hydrogen) atoms. The molecule has 6 heteroatoms. The molecule has 0 saturated carbocycles. The first kappa shape index (κ1) is 15.7. The van der Waals surface area contributed by atoms with Crippen molar-refractivity contribution in [2.45, 2.75) is 19.6 Å². The summed E-state index contributed by atoms with van der Waals surface area (Å²) < 4.78 is 23.8. The van der Waals surface area contributed by atoms with Crippen molar-refractivity contribution < 1.29 is 13.2 Å². The number of sulfone groups is 1. The van der Waals surface area contributed by atoms with Gasteiger partial charge in [-0.3, -0.25) is 4.79 Å². The van der Waals surface area contributed by atoms with Crippen LogP contribution < -0.4 is 11.1 Å². The maximum Gasteiger partial charge on any atom is 0.235 e. The van der Waals surface area contributed by atoms with Crippen LogP contribution in [0.15, 0.2) is 18.2 Å². The molecule has 0 aromatic heterocycles. The van der Waals surface area contributed by atoms with Gasteiger partial charge in [-0.05, 0) is 19.4 Å². The molecule has 0 bridgehead atoms. The third-order valence-corrected chi connectivity index (χ3v) is 3.96. The minimum atomic E-state index is -3.45. The molecule has 0 aliphatic heterocycles. The van der Waals surface area contributed by atoms with Gasteiger partial charge in [0.25, 0.3) is 0 Å². The number of carbonyl (C=O) groups excluding carboxylic acids is 1. The highest BCUT2D eigenvalue weighted by molar-refractivity contribution is 7.91. The van der Waals surface area contributed by atoms with Gasteiger partial charge in [0.05, 0.1) is 5.75 Å². The standard InChI is InChI=1S/C13H20N2O3S/c1-10-5-11(2)7-12(6-10)8-19(17,18)9-13(16)15-4-3-14/h5-7H,3-4,8-9,14H2,1-2H3,(H,15,16). The third-order valence-electron chi connectivity index (χ3n) is 2.49. The summed E-state index contributed by atoms with van der Waals surface area (Å²) >= 11 is 0. The van der Waals surface area contributed by atoms with Gasteiger partial charge in [0, 0.05) is 13.1 Å². The SMILES string of the molecule is Cc1cc(C)cc(CS(=O)(=O)CC(=O)NCCN)c1. The molecule has 1 amide bonds. The highest BCUT2D eigenvalue weighted by Crippen LogP contribution is 2.12. The minimum Gasteiger partial charge on any atom is -0.354 e. The Morgan fingerprint density at radius 1 is 1.21 bits per heavy atom. The molecular formula is C13H20N2O3S. The Bertz CT molecular complexity index is 533. The lowest BCUT2D eigenvalue weighted by molar-refractivity contribution is -0.118. The molecule has 1 aromatic carbocycles. The maximum absolute atomic E-state index is 11.9. The summed E-state index contributed by atoms with van der Waals surface area (Å²) in [4.78, 5) is 11.4. The summed E-state index contributed by atoms with van der Waals surface area (Å²) in [7, 11) is -3.45. The summed E-state index contributed by atoms with van der Waals surface area (Å²) in [5, 5.41) is 2.45. The zero-order valence-electron chi connectivity index (χ0n) is 11.3. The maximum atomic E-state index is 11.9. The van der Waals surface area contributed by atoms with E-state index in [1.807, 2.05) is 32.0 Å². The van der Waals surface area contributed by atoms with Crippen molar-refractivity contribution in [2.75, 3.05) is 18.8 Å². The highest BCUT2D eigenvalue weighted by Gasteiger charge is 2.17. The number of benzene rings is 1. The molecule has 1 rings (SSSR count). The number of hydrogen-bond acceptors (Lipinski definition) is 4. The molecule has 5 nitrogen and oxygen atoms in total. The molecule has 0 spiro atoms. The molecular weight excluding hydrogens is 264 g/mol. The molecule has 3 N–H and O–H groups in total. The van der Waals surface area contributed by atoms with Crippen molar-refractivity contribution in [1.82, 2.24) is 5.32 Å². The van der Waals surface area contributed by atoms with Crippen LogP contribution >= 0.6 is 0 Å². The number of rotatable bonds is 6. The van der Waals surface area contributed by atoms with E-state index in [-0.39, 0.29) is 12.3 Å². The number of amides is 1. The van der Waals surface area contributed by atoms with Crippen LogP contribution in [0.5, 0.6) is 0 Å². The van der Waals surface area contributed by atoms with E-state index in [0.29, 0.717) is 12.1 Å². The van der Waals surface area contributed by atoms with Crippen LogP contribution in [-0.2, 0) is 20.4 Å². The lowest BCUT2D eigenvalue weighted by Gasteiger charge is -2.07. The summed E-state index contributed by atoms with van der Waals surface area (Å²) in [5.74, 6) is -1.12. The first-order valence-electron chi connectivity index (χ1n) is 6.07. The summed E-state index contributed by atoms with van der Waals surface area (Å²) in [6.45, 7) is 4.41. The lowest BCUT2D eigenvalue weighted by Crippen LogP contribution is -2.34. The van der Waals surface area contributed by atoms with Crippen molar-refractivity contribution in [3.05, 3.63) is 34.9 Å².